The second-order valence-electron chi connectivity index (χ2n) is 3.35. The maximum atomic E-state index is 11.5. The minimum atomic E-state index is -0.340. The highest BCUT2D eigenvalue weighted by Crippen LogP contribution is 2.26. The summed E-state index contributed by atoms with van der Waals surface area (Å²) in [6.07, 6.45) is 2.17. The summed E-state index contributed by atoms with van der Waals surface area (Å²) < 4.78 is 11.7. The van der Waals surface area contributed by atoms with Crippen LogP contribution in [0.25, 0.3) is 0 Å². The number of nitrogens with zero attached hydrogens (tertiary/aromatic N) is 3. The zero-order valence-corrected chi connectivity index (χ0v) is 8.77. The zero-order chi connectivity index (χ0) is 10.8. The number of ether oxygens (including phenoxy) is 2. The van der Waals surface area contributed by atoms with E-state index in [1.54, 1.807) is 11.9 Å². The third-order valence-corrected chi connectivity index (χ3v) is 2.36. The quantitative estimate of drug-likeness (QED) is 0.720. The molecule has 1 aliphatic heterocycles. The van der Waals surface area contributed by atoms with E-state index in [-0.39, 0.29) is 6.09 Å². The van der Waals surface area contributed by atoms with Crippen molar-refractivity contribution in [3.8, 4) is 11.6 Å². The highest BCUT2D eigenvalue weighted by Gasteiger charge is 2.24. The summed E-state index contributed by atoms with van der Waals surface area (Å²) in [4.78, 5) is 13.1. The lowest BCUT2D eigenvalue weighted by atomic mass is 10.2. The van der Waals surface area contributed by atoms with Gasteiger partial charge in [0.1, 0.15) is 0 Å². The van der Waals surface area contributed by atoms with Gasteiger partial charge in [0.25, 0.3) is 5.88 Å². The molecule has 0 bridgehead atoms. The standard InChI is InChI=1S/C9H13N3O3/c1-11-8(14-2)7(6-10-11)15-9(13)12-4-3-5-12/h6H,3-5H2,1-2H3. The van der Waals surface area contributed by atoms with Crippen molar-refractivity contribution in [3.63, 3.8) is 0 Å². The number of carbonyl (C=O) groups is 1. The molecule has 1 aromatic rings. The molecular formula is C9H13N3O3. The number of hydrogen-bond acceptors (Lipinski definition) is 4. The first-order valence-electron chi connectivity index (χ1n) is 4.75. The Bertz CT molecular complexity index is 371. The third-order valence-electron chi connectivity index (χ3n) is 2.36. The molecule has 0 saturated carbocycles. The summed E-state index contributed by atoms with van der Waals surface area (Å²) in [5.74, 6) is 0.806. The van der Waals surface area contributed by atoms with E-state index >= 15 is 0 Å². The van der Waals surface area contributed by atoms with Gasteiger partial charge in [-0.2, -0.15) is 5.10 Å². The van der Waals surface area contributed by atoms with Gasteiger partial charge in [-0.25, -0.2) is 9.48 Å². The van der Waals surface area contributed by atoms with Gasteiger partial charge < -0.3 is 14.4 Å². The fourth-order valence-electron chi connectivity index (χ4n) is 1.37. The average Bonchev–Trinajstić information content (AvgIpc) is 2.43. The molecule has 1 amide bonds. The number of rotatable bonds is 2. The van der Waals surface area contributed by atoms with Crippen LogP contribution in [-0.2, 0) is 7.05 Å². The molecular weight excluding hydrogens is 198 g/mol. The van der Waals surface area contributed by atoms with Crippen LogP contribution in [0.3, 0.4) is 0 Å². The van der Waals surface area contributed by atoms with Crippen molar-refractivity contribution in [2.75, 3.05) is 20.2 Å². The molecule has 15 heavy (non-hydrogen) atoms. The topological polar surface area (TPSA) is 56.6 Å². The van der Waals surface area contributed by atoms with E-state index in [1.807, 2.05) is 0 Å². The number of likely N-dealkylation sites (tertiary alicyclic amines) is 1. The van der Waals surface area contributed by atoms with Crippen LogP contribution < -0.4 is 9.47 Å². The summed E-state index contributed by atoms with van der Waals surface area (Å²) in [5, 5.41) is 3.94. The Labute approximate surface area is 87.4 Å². The predicted molar refractivity (Wildman–Crippen MR) is 52.0 cm³/mol. The molecule has 0 unspecified atom stereocenters. The minimum Gasteiger partial charge on any atom is -0.479 e. The van der Waals surface area contributed by atoms with Gasteiger partial charge in [0, 0.05) is 20.1 Å². The fourth-order valence-corrected chi connectivity index (χ4v) is 1.37. The van der Waals surface area contributed by atoms with E-state index in [1.165, 1.54) is 18.0 Å². The van der Waals surface area contributed by atoms with Gasteiger partial charge in [-0.05, 0) is 6.42 Å². The van der Waals surface area contributed by atoms with Crippen LogP contribution in [0.1, 0.15) is 6.42 Å². The van der Waals surface area contributed by atoms with E-state index < -0.39 is 0 Å². The van der Waals surface area contributed by atoms with Gasteiger partial charge in [0.15, 0.2) is 0 Å². The molecule has 0 spiro atoms. The molecule has 82 valence electrons. The molecule has 0 atom stereocenters. The number of methoxy groups -OCH3 is 1. The highest BCUT2D eigenvalue weighted by atomic mass is 16.6. The van der Waals surface area contributed by atoms with E-state index in [0.29, 0.717) is 11.6 Å². The van der Waals surface area contributed by atoms with Crippen LogP contribution in [-0.4, -0.2) is 41.0 Å². The van der Waals surface area contributed by atoms with Crippen LogP contribution >= 0.6 is 0 Å². The van der Waals surface area contributed by atoms with Crippen molar-refractivity contribution in [1.29, 1.82) is 0 Å². The molecule has 0 aliphatic carbocycles. The summed E-state index contributed by atoms with van der Waals surface area (Å²) in [6.45, 7) is 1.53. The SMILES string of the molecule is COc1c(OC(=O)N2CCC2)cnn1C. The molecule has 0 radical (unpaired) electrons. The van der Waals surface area contributed by atoms with Crippen LogP contribution in [0.4, 0.5) is 4.79 Å². The normalized spacial score (nSPS) is 14.7. The lowest BCUT2D eigenvalue weighted by Gasteiger charge is -2.29. The molecule has 1 aliphatic rings. The van der Waals surface area contributed by atoms with Crippen LogP contribution in [0, 0.1) is 0 Å². The minimum absolute atomic E-state index is 0.340. The Hall–Kier alpha value is -1.72. The van der Waals surface area contributed by atoms with Gasteiger partial charge in [0.2, 0.25) is 5.75 Å². The Balaban J connectivity index is 2.06. The molecule has 2 rings (SSSR count). The number of carbonyl (C=O) groups excluding carboxylic acids is 1. The van der Waals surface area contributed by atoms with E-state index in [4.69, 9.17) is 9.47 Å². The monoisotopic (exact) mass is 211 g/mol. The third kappa shape index (κ3) is 1.74. The molecule has 1 fully saturated rings. The Kier molecular flexibility index (Phi) is 2.49. The predicted octanol–water partition coefficient (Wildman–Crippen LogP) is 0.633. The fraction of sp³-hybridized carbons (Fsp3) is 0.556. The van der Waals surface area contributed by atoms with Crippen molar-refractivity contribution < 1.29 is 14.3 Å². The van der Waals surface area contributed by atoms with Gasteiger partial charge in [-0.15, -0.1) is 0 Å². The zero-order valence-electron chi connectivity index (χ0n) is 8.77. The summed E-state index contributed by atoms with van der Waals surface area (Å²) >= 11 is 0. The Morgan fingerprint density at radius 1 is 1.53 bits per heavy atom. The number of amides is 1. The smallest absolute Gasteiger partial charge is 0.415 e. The van der Waals surface area contributed by atoms with Gasteiger partial charge in [0.05, 0.1) is 13.3 Å². The first kappa shape index (κ1) is 9.82. The summed E-state index contributed by atoms with van der Waals surface area (Å²) in [6, 6.07) is 0. The van der Waals surface area contributed by atoms with Crippen LogP contribution in [0.15, 0.2) is 6.20 Å². The lowest BCUT2D eigenvalue weighted by molar-refractivity contribution is 0.123. The number of hydrogen-bond donors (Lipinski definition) is 0. The van der Waals surface area contributed by atoms with Crippen molar-refractivity contribution in [2.24, 2.45) is 7.05 Å². The maximum Gasteiger partial charge on any atom is 0.415 e. The number of aromatic nitrogens is 2. The second-order valence-corrected chi connectivity index (χ2v) is 3.35. The summed E-state index contributed by atoms with van der Waals surface area (Å²) in [7, 11) is 3.23. The van der Waals surface area contributed by atoms with Crippen molar-refractivity contribution in [3.05, 3.63) is 6.20 Å². The first-order chi connectivity index (χ1) is 7.22. The average molecular weight is 211 g/mol. The molecule has 1 saturated heterocycles. The van der Waals surface area contributed by atoms with Crippen LogP contribution in [0.2, 0.25) is 0 Å². The number of aryl methyl sites for hydroxylation is 1. The van der Waals surface area contributed by atoms with Crippen molar-refractivity contribution in [2.45, 2.75) is 6.42 Å². The van der Waals surface area contributed by atoms with Crippen molar-refractivity contribution >= 4 is 6.09 Å². The highest BCUT2D eigenvalue weighted by molar-refractivity contribution is 5.72. The maximum absolute atomic E-state index is 11.5. The molecule has 6 heteroatoms. The Morgan fingerprint density at radius 3 is 2.80 bits per heavy atom. The Morgan fingerprint density at radius 2 is 2.27 bits per heavy atom. The molecule has 6 nitrogen and oxygen atoms in total. The lowest BCUT2D eigenvalue weighted by Crippen LogP contribution is -2.43. The molecule has 1 aromatic heterocycles. The molecule has 0 aromatic carbocycles. The molecule has 0 N–H and O–H groups in total. The van der Waals surface area contributed by atoms with E-state index in [9.17, 15) is 4.79 Å². The van der Waals surface area contributed by atoms with E-state index in [0.717, 1.165) is 19.5 Å². The van der Waals surface area contributed by atoms with Gasteiger partial charge in [-0.1, -0.05) is 0 Å². The second kappa shape index (κ2) is 3.80. The summed E-state index contributed by atoms with van der Waals surface area (Å²) in [5.41, 5.74) is 0. The molecule has 2 heterocycles. The largest absolute Gasteiger partial charge is 0.479 e. The van der Waals surface area contributed by atoms with Gasteiger partial charge in [-0.3, -0.25) is 0 Å². The van der Waals surface area contributed by atoms with Crippen LogP contribution in [0.5, 0.6) is 11.6 Å². The first-order valence-corrected chi connectivity index (χ1v) is 4.75. The van der Waals surface area contributed by atoms with Gasteiger partial charge >= 0.3 is 6.09 Å². The van der Waals surface area contributed by atoms with Crippen molar-refractivity contribution in [1.82, 2.24) is 14.7 Å². The van der Waals surface area contributed by atoms with E-state index in [2.05, 4.69) is 5.10 Å².